The SMILES string of the molecule is C=C(NC(=O)c1ccccc1)c1ccc(C(=O)NN=C2C(=O)Nc3ccc(Br)cc32)c(OC)c1OC. The summed E-state index contributed by atoms with van der Waals surface area (Å²) in [6, 6.07) is 17.0. The maximum Gasteiger partial charge on any atom is 0.276 e. The molecular formula is C26H21BrN4O5. The number of hydrogen-bond acceptors (Lipinski definition) is 6. The first-order chi connectivity index (χ1) is 17.3. The summed E-state index contributed by atoms with van der Waals surface area (Å²) >= 11 is 3.37. The van der Waals surface area contributed by atoms with Gasteiger partial charge in [-0.15, -0.1) is 0 Å². The Morgan fingerprint density at radius 1 is 0.944 bits per heavy atom. The van der Waals surface area contributed by atoms with Gasteiger partial charge in [0.25, 0.3) is 17.7 Å². The van der Waals surface area contributed by atoms with Crippen molar-refractivity contribution in [1.29, 1.82) is 0 Å². The van der Waals surface area contributed by atoms with Crippen molar-refractivity contribution in [3.05, 3.63) is 94.0 Å². The van der Waals surface area contributed by atoms with Crippen molar-refractivity contribution in [1.82, 2.24) is 10.7 Å². The third kappa shape index (κ3) is 4.84. The quantitative estimate of drug-likeness (QED) is 0.386. The van der Waals surface area contributed by atoms with Crippen molar-refractivity contribution in [2.24, 2.45) is 5.10 Å². The number of ether oxygens (including phenoxy) is 2. The van der Waals surface area contributed by atoms with Crippen molar-refractivity contribution in [3.63, 3.8) is 0 Å². The largest absolute Gasteiger partial charge is 0.492 e. The third-order valence-corrected chi connectivity index (χ3v) is 5.85. The second kappa shape index (κ2) is 10.4. The summed E-state index contributed by atoms with van der Waals surface area (Å²) < 4.78 is 11.7. The zero-order valence-electron chi connectivity index (χ0n) is 19.3. The molecule has 4 rings (SSSR count). The van der Waals surface area contributed by atoms with E-state index in [4.69, 9.17) is 9.47 Å². The van der Waals surface area contributed by atoms with Gasteiger partial charge in [-0.25, -0.2) is 5.43 Å². The number of carbonyl (C=O) groups excluding carboxylic acids is 3. The molecule has 0 saturated carbocycles. The molecule has 0 bridgehead atoms. The monoisotopic (exact) mass is 548 g/mol. The second-order valence-corrected chi connectivity index (χ2v) is 8.49. The van der Waals surface area contributed by atoms with Crippen LogP contribution in [-0.4, -0.2) is 37.7 Å². The Kier molecular flexibility index (Phi) is 7.16. The lowest BCUT2D eigenvalue weighted by Crippen LogP contribution is -2.24. The molecule has 1 aliphatic rings. The van der Waals surface area contributed by atoms with E-state index in [0.29, 0.717) is 22.4 Å². The summed E-state index contributed by atoms with van der Waals surface area (Å²) in [5.41, 5.74) is 4.88. The Bertz CT molecular complexity index is 1420. The van der Waals surface area contributed by atoms with E-state index >= 15 is 0 Å². The summed E-state index contributed by atoms with van der Waals surface area (Å²) in [4.78, 5) is 37.9. The molecule has 3 amide bonds. The van der Waals surface area contributed by atoms with Gasteiger partial charge in [-0.2, -0.15) is 5.10 Å². The number of amides is 3. The number of fused-ring (bicyclic) bond motifs is 1. The molecule has 0 fully saturated rings. The van der Waals surface area contributed by atoms with Gasteiger partial charge in [0, 0.05) is 26.9 Å². The van der Waals surface area contributed by atoms with Gasteiger partial charge >= 0.3 is 0 Å². The van der Waals surface area contributed by atoms with Gasteiger partial charge in [-0.3, -0.25) is 14.4 Å². The highest BCUT2D eigenvalue weighted by atomic mass is 79.9. The Labute approximate surface area is 215 Å². The van der Waals surface area contributed by atoms with E-state index in [1.165, 1.54) is 20.3 Å². The normalized spacial score (nSPS) is 13.0. The molecule has 0 saturated heterocycles. The Morgan fingerprint density at radius 3 is 2.31 bits per heavy atom. The van der Waals surface area contributed by atoms with Crippen LogP contribution in [0.4, 0.5) is 5.69 Å². The number of benzene rings is 3. The first kappa shape index (κ1) is 24.7. The molecule has 3 aromatic rings. The number of nitrogens with zero attached hydrogens (tertiary/aromatic N) is 1. The van der Waals surface area contributed by atoms with Crippen molar-refractivity contribution >= 4 is 50.7 Å². The van der Waals surface area contributed by atoms with Crippen LogP contribution in [0.5, 0.6) is 11.5 Å². The predicted octanol–water partition coefficient (Wildman–Crippen LogP) is 3.95. The molecule has 9 nitrogen and oxygen atoms in total. The van der Waals surface area contributed by atoms with Crippen LogP contribution < -0.4 is 25.5 Å². The molecule has 0 unspecified atom stereocenters. The summed E-state index contributed by atoms with van der Waals surface area (Å²) in [6.07, 6.45) is 0. The third-order valence-electron chi connectivity index (χ3n) is 5.36. The van der Waals surface area contributed by atoms with Gasteiger partial charge < -0.3 is 20.1 Å². The molecule has 3 aromatic carbocycles. The molecule has 0 aromatic heterocycles. The minimum Gasteiger partial charge on any atom is -0.492 e. The van der Waals surface area contributed by atoms with Crippen LogP contribution in [0.1, 0.15) is 31.8 Å². The molecule has 0 radical (unpaired) electrons. The number of methoxy groups -OCH3 is 2. The molecule has 0 spiro atoms. The molecule has 36 heavy (non-hydrogen) atoms. The zero-order valence-corrected chi connectivity index (χ0v) is 20.9. The number of hydrogen-bond donors (Lipinski definition) is 3. The summed E-state index contributed by atoms with van der Waals surface area (Å²) in [5, 5.41) is 9.46. The first-order valence-electron chi connectivity index (χ1n) is 10.6. The maximum absolute atomic E-state index is 13.0. The van der Waals surface area contributed by atoms with E-state index in [-0.39, 0.29) is 34.4 Å². The van der Waals surface area contributed by atoms with Gasteiger partial charge in [-0.05, 0) is 42.5 Å². The topological polar surface area (TPSA) is 118 Å². The van der Waals surface area contributed by atoms with Gasteiger partial charge in [0.05, 0.1) is 25.5 Å². The van der Waals surface area contributed by atoms with Crippen molar-refractivity contribution in [2.45, 2.75) is 0 Å². The molecule has 3 N–H and O–H groups in total. The summed E-state index contributed by atoms with van der Waals surface area (Å²) in [5.74, 6) is -1.10. The van der Waals surface area contributed by atoms with Gasteiger partial charge in [0.15, 0.2) is 17.2 Å². The fraction of sp³-hybridized carbons (Fsp3) is 0.0769. The van der Waals surface area contributed by atoms with Crippen molar-refractivity contribution < 1.29 is 23.9 Å². The Hall–Kier alpha value is -4.44. The van der Waals surface area contributed by atoms with Crippen LogP contribution in [0.25, 0.3) is 5.70 Å². The highest BCUT2D eigenvalue weighted by molar-refractivity contribution is 9.10. The van der Waals surface area contributed by atoms with E-state index in [9.17, 15) is 14.4 Å². The van der Waals surface area contributed by atoms with Crippen LogP contribution in [0.3, 0.4) is 0 Å². The number of rotatable bonds is 7. The average Bonchev–Trinajstić information content (AvgIpc) is 3.20. The molecule has 10 heteroatoms. The number of carbonyl (C=O) groups is 3. The van der Waals surface area contributed by atoms with Crippen LogP contribution >= 0.6 is 15.9 Å². The van der Waals surface area contributed by atoms with Gasteiger partial charge in [-0.1, -0.05) is 40.7 Å². The van der Waals surface area contributed by atoms with Crippen molar-refractivity contribution in [3.8, 4) is 11.5 Å². The standard InChI is InChI=1S/C26H21BrN4O5/c1-14(28-24(32)15-7-5-4-6-8-15)17-10-11-18(23(36-3)22(17)35-2)25(33)31-30-21-19-13-16(27)9-12-20(19)29-26(21)34/h4-13H,1H2,2-3H3,(H,28,32)(H,31,33)(H,29,30,34). The number of anilines is 1. The highest BCUT2D eigenvalue weighted by Crippen LogP contribution is 2.37. The molecular weight excluding hydrogens is 528 g/mol. The van der Waals surface area contributed by atoms with Gasteiger partial charge in [0.1, 0.15) is 0 Å². The van der Waals surface area contributed by atoms with E-state index in [2.05, 4.69) is 43.7 Å². The van der Waals surface area contributed by atoms with Crippen LogP contribution in [0.2, 0.25) is 0 Å². The Morgan fingerprint density at radius 2 is 1.61 bits per heavy atom. The minimum atomic E-state index is -0.626. The van der Waals surface area contributed by atoms with E-state index in [0.717, 1.165) is 4.47 Å². The molecule has 1 heterocycles. The van der Waals surface area contributed by atoms with E-state index in [1.807, 2.05) is 6.07 Å². The first-order valence-corrected chi connectivity index (χ1v) is 11.4. The van der Waals surface area contributed by atoms with Crippen LogP contribution in [0.15, 0.2) is 76.8 Å². The van der Waals surface area contributed by atoms with Gasteiger partial charge in [0.2, 0.25) is 0 Å². The highest BCUT2D eigenvalue weighted by Gasteiger charge is 2.27. The van der Waals surface area contributed by atoms with E-state index in [1.54, 1.807) is 48.5 Å². The average molecular weight is 549 g/mol. The summed E-state index contributed by atoms with van der Waals surface area (Å²) in [6.45, 7) is 3.94. The predicted molar refractivity (Wildman–Crippen MR) is 139 cm³/mol. The number of halogens is 1. The maximum atomic E-state index is 13.0. The van der Waals surface area contributed by atoms with Crippen LogP contribution in [-0.2, 0) is 4.79 Å². The molecule has 0 atom stereocenters. The molecule has 1 aliphatic heterocycles. The summed E-state index contributed by atoms with van der Waals surface area (Å²) in [7, 11) is 2.79. The van der Waals surface area contributed by atoms with Crippen LogP contribution in [0, 0.1) is 0 Å². The Balaban J connectivity index is 1.59. The lowest BCUT2D eigenvalue weighted by atomic mass is 10.1. The number of nitrogens with one attached hydrogen (secondary N) is 3. The smallest absolute Gasteiger partial charge is 0.276 e. The second-order valence-electron chi connectivity index (χ2n) is 7.57. The fourth-order valence-corrected chi connectivity index (χ4v) is 4.01. The lowest BCUT2D eigenvalue weighted by Gasteiger charge is -2.17. The van der Waals surface area contributed by atoms with Crippen molar-refractivity contribution in [2.75, 3.05) is 19.5 Å². The number of hydrazone groups is 1. The molecule has 182 valence electrons. The zero-order chi connectivity index (χ0) is 25.8. The molecule has 0 aliphatic carbocycles. The van der Waals surface area contributed by atoms with E-state index < -0.39 is 11.8 Å². The minimum absolute atomic E-state index is 0.0687. The lowest BCUT2D eigenvalue weighted by molar-refractivity contribution is -0.110. The fourth-order valence-electron chi connectivity index (χ4n) is 3.65.